The molecule has 10 heteroatoms. The van der Waals surface area contributed by atoms with E-state index in [1.807, 2.05) is 0 Å². The third-order valence-electron chi connectivity index (χ3n) is 3.86. The van der Waals surface area contributed by atoms with Gasteiger partial charge in [0, 0.05) is 6.42 Å². The molecule has 29 heavy (non-hydrogen) atoms. The lowest BCUT2D eigenvalue weighted by molar-refractivity contribution is -0.155. The average molecular weight is 425 g/mol. The maximum atomic E-state index is 12.4. The van der Waals surface area contributed by atoms with Gasteiger partial charge in [0.1, 0.15) is 18.2 Å². The Hall–Kier alpha value is -2.88. The summed E-state index contributed by atoms with van der Waals surface area (Å²) >= 11 is 0. The molecule has 0 radical (unpaired) electrons. The predicted molar refractivity (Wildman–Crippen MR) is 103 cm³/mol. The van der Waals surface area contributed by atoms with Crippen LogP contribution < -0.4 is 5.32 Å². The van der Waals surface area contributed by atoms with E-state index in [-0.39, 0.29) is 22.6 Å². The number of aliphatic carboxylic acids is 1. The smallest absolute Gasteiger partial charge is 0.408 e. The van der Waals surface area contributed by atoms with Gasteiger partial charge < -0.3 is 19.9 Å². The summed E-state index contributed by atoms with van der Waals surface area (Å²) in [5, 5.41) is 11.3. The second-order valence-corrected chi connectivity index (χ2v) is 9.36. The molecule has 2 rings (SSSR count). The first kappa shape index (κ1) is 22.4. The van der Waals surface area contributed by atoms with Gasteiger partial charge in [0.25, 0.3) is 0 Å². The molecule has 0 fully saturated rings. The average Bonchev–Trinajstić information content (AvgIpc) is 2.85. The van der Waals surface area contributed by atoms with Crippen LogP contribution in [0.2, 0.25) is 0 Å². The van der Waals surface area contributed by atoms with Crippen LogP contribution in [0.3, 0.4) is 0 Å². The number of sulfone groups is 1. The van der Waals surface area contributed by atoms with Crippen molar-refractivity contribution >= 4 is 33.9 Å². The summed E-state index contributed by atoms with van der Waals surface area (Å²) in [6.07, 6.45) is -0.127. The molecular formula is C19H23NO8S. The van der Waals surface area contributed by atoms with Crippen molar-refractivity contribution in [1.29, 1.82) is 0 Å². The van der Waals surface area contributed by atoms with E-state index in [0.717, 1.165) is 0 Å². The first-order chi connectivity index (χ1) is 13.4. The fourth-order valence-corrected chi connectivity index (χ4v) is 4.06. The Morgan fingerprint density at radius 1 is 1.17 bits per heavy atom. The van der Waals surface area contributed by atoms with Crippen LogP contribution >= 0.6 is 0 Å². The van der Waals surface area contributed by atoms with Gasteiger partial charge in [0.05, 0.1) is 9.80 Å². The van der Waals surface area contributed by atoms with Crippen LogP contribution in [-0.4, -0.2) is 49.8 Å². The number of carbonyl (C=O) groups excluding carboxylic acids is 2. The number of carbonyl (C=O) groups is 3. The molecule has 0 unspecified atom stereocenters. The fourth-order valence-electron chi connectivity index (χ4n) is 2.59. The summed E-state index contributed by atoms with van der Waals surface area (Å²) in [6, 6.07) is 4.95. The number of hydrogen-bond acceptors (Lipinski definition) is 7. The number of amides is 1. The van der Waals surface area contributed by atoms with Crippen molar-refractivity contribution in [3.8, 4) is 0 Å². The van der Waals surface area contributed by atoms with Crippen molar-refractivity contribution in [3.63, 3.8) is 0 Å². The summed E-state index contributed by atoms with van der Waals surface area (Å²) in [5.41, 5.74) is -0.215. The molecule has 0 saturated carbocycles. The van der Waals surface area contributed by atoms with Crippen molar-refractivity contribution in [1.82, 2.24) is 5.32 Å². The number of carboxylic acid groups (broad SMARTS) is 1. The summed E-state index contributed by atoms with van der Waals surface area (Å²) in [4.78, 5) is 35.0. The number of carboxylic acids is 1. The molecule has 1 amide bonds. The second-order valence-electron chi connectivity index (χ2n) is 7.39. The molecule has 1 aromatic rings. The minimum absolute atomic E-state index is 0.102. The quantitative estimate of drug-likeness (QED) is 0.634. The van der Waals surface area contributed by atoms with Crippen LogP contribution in [0.5, 0.6) is 0 Å². The highest BCUT2D eigenvalue weighted by molar-refractivity contribution is 7.95. The van der Waals surface area contributed by atoms with Gasteiger partial charge in [-0.2, -0.15) is 0 Å². The lowest BCUT2D eigenvalue weighted by atomic mass is 10.1. The van der Waals surface area contributed by atoms with Crippen LogP contribution in [0, 0.1) is 0 Å². The van der Waals surface area contributed by atoms with Crippen molar-refractivity contribution in [2.45, 2.75) is 50.2 Å². The van der Waals surface area contributed by atoms with E-state index < -0.39 is 46.1 Å². The Bertz CT molecular complexity index is 943. The largest absolute Gasteiger partial charge is 0.480 e. The first-order valence-electron chi connectivity index (χ1n) is 8.83. The Kier molecular flexibility index (Phi) is 6.68. The van der Waals surface area contributed by atoms with Gasteiger partial charge in [-0.1, -0.05) is 18.2 Å². The first-order valence-corrected chi connectivity index (χ1v) is 10.3. The normalized spacial score (nSPS) is 15.6. The Morgan fingerprint density at radius 3 is 2.41 bits per heavy atom. The zero-order valence-electron chi connectivity index (χ0n) is 16.3. The highest BCUT2D eigenvalue weighted by atomic mass is 32.2. The topological polar surface area (TPSA) is 136 Å². The number of benzene rings is 1. The van der Waals surface area contributed by atoms with Crippen LogP contribution in [-0.2, 0) is 28.9 Å². The third kappa shape index (κ3) is 6.05. The van der Waals surface area contributed by atoms with E-state index in [4.69, 9.17) is 9.47 Å². The maximum absolute atomic E-state index is 12.4. The lowest BCUT2D eigenvalue weighted by Gasteiger charge is -2.20. The molecule has 1 heterocycles. The molecule has 158 valence electrons. The number of esters is 1. The van der Waals surface area contributed by atoms with Gasteiger partial charge in [-0.15, -0.1) is 0 Å². The molecular weight excluding hydrogens is 402 g/mol. The standard InChI is InChI=1S/C19H23NO8S/c1-19(2,3)28-16(21)9-8-14(17(22)23)20-18(24)27-11-13-10-12-6-4-5-7-15(12)29(13,25)26/h4-7,10,14H,8-9,11H2,1-3H3,(H,20,24)(H,22,23)/t14-/m0/s1. The predicted octanol–water partition coefficient (Wildman–Crippen LogP) is 2.12. The molecule has 1 aliphatic heterocycles. The molecule has 1 aliphatic rings. The SMILES string of the molecule is CC(C)(C)OC(=O)CC[C@H](NC(=O)OCC1=Cc2ccccc2S1(=O)=O)C(=O)O. The van der Waals surface area contributed by atoms with Gasteiger partial charge in [-0.3, -0.25) is 4.79 Å². The number of hydrogen-bond donors (Lipinski definition) is 2. The molecule has 9 nitrogen and oxygen atoms in total. The van der Waals surface area contributed by atoms with Crippen molar-refractivity contribution < 1.29 is 37.4 Å². The summed E-state index contributed by atoms with van der Waals surface area (Å²) in [6.45, 7) is 4.50. The molecule has 1 aromatic carbocycles. The van der Waals surface area contributed by atoms with Crippen molar-refractivity contribution in [2.75, 3.05) is 6.61 Å². The minimum atomic E-state index is -3.75. The number of fused-ring (bicyclic) bond motifs is 1. The van der Waals surface area contributed by atoms with E-state index in [0.29, 0.717) is 5.56 Å². The highest BCUT2D eigenvalue weighted by Gasteiger charge is 2.30. The number of ether oxygens (including phenoxy) is 2. The number of alkyl carbamates (subject to hydrolysis) is 1. The fraction of sp³-hybridized carbons (Fsp3) is 0.421. The zero-order valence-corrected chi connectivity index (χ0v) is 17.1. The monoisotopic (exact) mass is 425 g/mol. The van der Waals surface area contributed by atoms with Crippen LogP contribution in [0.25, 0.3) is 6.08 Å². The van der Waals surface area contributed by atoms with E-state index in [1.165, 1.54) is 12.1 Å². The molecule has 0 spiro atoms. The maximum Gasteiger partial charge on any atom is 0.408 e. The van der Waals surface area contributed by atoms with E-state index in [9.17, 15) is 27.9 Å². The van der Waals surface area contributed by atoms with Gasteiger partial charge in [0.2, 0.25) is 9.84 Å². The summed E-state index contributed by atoms with van der Waals surface area (Å²) in [5.74, 6) is -1.95. The second kappa shape index (κ2) is 8.64. The molecule has 0 bridgehead atoms. The van der Waals surface area contributed by atoms with Gasteiger partial charge in [-0.25, -0.2) is 18.0 Å². The Balaban J connectivity index is 1.90. The van der Waals surface area contributed by atoms with Crippen LogP contribution in [0.4, 0.5) is 4.79 Å². The molecule has 0 aliphatic carbocycles. The minimum Gasteiger partial charge on any atom is -0.480 e. The Morgan fingerprint density at radius 2 is 1.83 bits per heavy atom. The highest BCUT2D eigenvalue weighted by Crippen LogP contribution is 2.32. The van der Waals surface area contributed by atoms with Gasteiger partial charge >= 0.3 is 18.0 Å². The summed E-state index contributed by atoms with van der Waals surface area (Å²) < 4.78 is 34.8. The molecule has 0 saturated heterocycles. The van der Waals surface area contributed by atoms with Crippen molar-refractivity contribution in [3.05, 3.63) is 34.7 Å². The van der Waals surface area contributed by atoms with Gasteiger partial charge in [0.15, 0.2) is 0 Å². The molecule has 0 aromatic heterocycles. The van der Waals surface area contributed by atoms with E-state index >= 15 is 0 Å². The zero-order chi connectivity index (χ0) is 21.8. The number of nitrogens with one attached hydrogen (secondary N) is 1. The van der Waals surface area contributed by atoms with Gasteiger partial charge in [-0.05, 0) is 44.9 Å². The lowest BCUT2D eigenvalue weighted by Crippen LogP contribution is -2.41. The van der Waals surface area contributed by atoms with Crippen LogP contribution in [0.15, 0.2) is 34.1 Å². The van der Waals surface area contributed by atoms with E-state index in [1.54, 1.807) is 39.0 Å². The Labute approximate surface area is 168 Å². The molecule has 2 N–H and O–H groups in total. The summed E-state index contributed by atoms with van der Waals surface area (Å²) in [7, 11) is -3.75. The number of rotatable bonds is 7. The van der Waals surface area contributed by atoms with Crippen molar-refractivity contribution in [2.24, 2.45) is 0 Å². The molecule has 1 atom stereocenters. The van der Waals surface area contributed by atoms with Crippen LogP contribution in [0.1, 0.15) is 39.2 Å². The third-order valence-corrected chi connectivity index (χ3v) is 5.74. The van der Waals surface area contributed by atoms with E-state index in [2.05, 4.69) is 5.32 Å².